The Morgan fingerprint density at radius 2 is 2.22 bits per heavy atom. The van der Waals surface area contributed by atoms with Crippen LogP contribution in [0.15, 0.2) is 21.7 Å². The van der Waals surface area contributed by atoms with Gasteiger partial charge in [-0.1, -0.05) is 0 Å². The van der Waals surface area contributed by atoms with Crippen LogP contribution in [0.25, 0.3) is 0 Å². The first-order valence-electron chi connectivity index (χ1n) is 5.06. The second-order valence-electron chi connectivity index (χ2n) is 3.50. The Morgan fingerprint density at radius 3 is 2.78 bits per heavy atom. The quantitative estimate of drug-likeness (QED) is 0.465. The molecule has 1 heterocycles. The van der Waals surface area contributed by atoms with Gasteiger partial charge in [0.25, 0.3) is 5.43 Å². The topological polar surface area (TPSA) is 91.4 Å². The largest absolute Gasteiger partial charge is 0.469 e. The van der Waals surface area contributed by atoms with E-state index in [-0.39, 0.29) is 16.9 Å². The molecule has 0 saturated heterocycles. The summed E-state index contributed by atoms with van der Waals surface area (Å²) in [5.41, 5.74) is -1.16. The van der Waals surface area contributed by atoms with Crippen LogP contribution in [0.2, 0.25) is 0 Å². The van der Waals surface area contributed by atoms with Crippen molar-refractivity contribution in [3.63, 3.8) is 0 Å². The number of halogens is 1. The van der Waals surface area contributed by atoms with Crippen molar-refractivity contribution in [2.45, 2.75) is 19.4 Å². The maximum atomic E-state index is 11.4. The van der Waals surface area contributed by atoms with Crippen molar-refractivity contribution in [3.8, 4) is 0 Å². The minimum atomic E-state index is -0.732. The Hall–Kier alpha value is -1.70. The molecule has 1 aromatic rings. The number of methoxy groups -OCH3 is 1. The first kappa shape index (κ1) is 14.4. The molecular formula is C10H11BrN2O5. The van der Waals surface area contributed by atoms with Crippen LogP contribution in [0, 0.1) is 10.1 Å². The number of pyridine rings is 1. The molecule has 0 N–H and O–H groups in total. The molecule has 0 aliphatic heterocycles. The average Bonchev–Trinajstić information content (AvgIpc) is 2.32. The molecule has 98 valence electrons. The minimum Gasteiger partial charge on any atom is -0.469 e. The lowest BCUT2D eigenvalue weighted by molar-refractivity contribution is -0.386. The zero-order chi connectivity index (χ0) is 13.7. The van der Waals surface area contributed by atoms with E-state index in [9.17, 15) is 19.7 Å². The zero-order valence-electron chi connectivity index (χ0n) is 9.59. The van der Waals surface area contributed by atoms with Gasteiger partial charge in [0.1, 0.15) is 0 Å². The van der Waals surface area contributed by atoms with Gasteiger partial charge in [-0.3, -0.25) is 19.7 Å². The van der Waals surface area contributed by atoms with Crippen LogP contribution < -0.4 is 5.43 Å². The molecule has 0 aliphatic carbocycles. The van der Waals surface area contributed by atoms with E-state index in [0.717, 1.165) is 6.20 Å². The number of aryl methyl sites for hydroxylation is 1. The Morgan fingerprint density at radius 1 is 1.56 bits per heavy atom. The molecule has 18 heavy (non-hydrogen) atoms. The third kappa shape index (κ3) is 3.66. The van der Waals surface area contributed by atoms with E-state index in [4.69, 9.17) is 0 Å². The molecule has 0 fully saturated rings. The molecule has 0 amide bonds. The highest BCUT2D eigenvalue weighted by Crippen LogP contribution is 2.11. The number of hydrogen-bond donors (Lipinski definition) is 0. The number of aromatic nitrogens is 1. The van der Waals surface area contributed by atoms with Gasteiger partial charge < -0.3 is 9.30 Å². The average molecular weight is 319 g/mol. The van der Waals surface area contributed by atoms with E-state index >= 15 is 0 Å². The van der Waals surface area contributed by atoms with Crippen molar-refractivity contribution < 1.29 is 14.5 Å². The fraction of sp³-hybridized carbons (Fsp3) is 0.400. The number of ether oxygens (including phenoxy) is 1. The molecule has 0 saturated carbocycles. The monoisotopic (exact) mass is 318 g/mol. The fourth-order valence-corrected chi connectivity index (χ4v) is 1.81. The Balaban J connectivity index is 2.82. The van der Waals surface area contributed by atoms with Gasteiger partial charge in [-0.15, -0.1) is 0 Å². The Kier molecular flexibility index (Phi) is 5.02. The maximum Gasteiger partial charge on any atom is 0.333 e. The van der Waals surface area contributed by atoms with Crippen molar-refractivity contribution >= 4 is 27.6 Å². The van der Waals surface area contributed by atoms with E-state index in [0.29, 0.717) is 13.0 Å². The molecule has 7 nitrogen and oxygen atoms in total. The van der Waals surface area contributed by atoms with Crippen LogP contribution in [0.5, 0.6) is 0 Å². The zero-order valence-corrected chi connectivity index (χ0v) is 11.2. The van der Waals surface area contributed by atoms with Gasteiger partial charge in [0.15, 0.2) is 0 Å². The third-order valence-electron chi connectivity index (χ3n) is 2.24. The number of carbonyl (C=O) groups is 1. The molecule has 0 atom stereocenters. The van der Waals surface area contributed by atoms with Gasteiger partial charge in [0, 0.05) is 19.2 Å². The lowest BCUT2D eigenvalue weighted by Gasteiger charge is -2.06. The summed E-state index contributed by atoms with van der Waals surface area (Å²) in [5.74, 6) is -0.343. The Labute approximate surface area is 111 Å². The van der Waals surface area contributed by atoms with Gasteiger partial charge in [0.2, 0.25) is 0 Å². The molecule has 8 heteroatoms. The Bertz CT molecular complexity index is 525. The summed E-state index contributed by atoms with van der Waals surface area (Å²) in [6, 6.07) is 0. The lowest BCUT2D eigenvalue weighted by Crippen LogP contribution is -2.13. The fourth-order valence-electron chi connectivity index (χ4n) is 1.35. The number of carbonyl (C=O) groups excluding carboxylic acids is 1. The molecule has 0 radical (unpaired) electrons. The number of nitro groups is 1. The second kappa shape index (κ2) is 6.29. The first-order chi connectivity index (χ1) is 8.45. The van der Waals surface area contributed by atoms with Gasteiger partial charge in [0.05, 0.1) is 22.7 Å². The van der Waals surface area contributed by atoms with Crippen LogP contribution in [-0.4, -0.2) is 22.6 Å². The minimum absolute atomic E-state index is 0.120. The standard InChI is InChI=1S/C10H11BrN2O5/c1-18-9(14)3-2-4-12-5-7(11)10(15)8(6-12)13(16)17/h5-6H,2-4H2,1H3. The van der Waals surface area contributed by atoms with E-state index in [1.807, 2.05) is 0 Å². The van der Waals surface area contributed by atoms with Gasteiger partial charge >= 0.3 is 11.7 Å². The molecule has 0 aliphatic rings. The van der Waals surface area contributed by atoms with Crippen molar-refractivity contribution in [3.05, 3.63) is 37.2 Å². The van der Waals surface area contributed by atoms with E-state index < -0.39 is 16.0 Å². The molecular weight excluding hydrogens is 308 g/mol. The van der Waals surface area contributed by atoms with E-state index in [1.54, 1.807) is 0 Å². The van der Waals surface area contributed by atoms with Crippen molar-refractivity contribution in [2.24, 2.45) is 0 Å². The molecule has 1 rings (SSSR count). The van der Waals surface area contributed by atoms with E-state index in [2.05, 4.69) is 20.7 Å². The lowest BCUT2D eigenvalue weighted by atomic mass is 10.3. The second-order valence-corrected chi connectivity index (χ2v) is 4.35. The SMILES string of the molecule is COC(=O)CCCn1cc(Br)c(=O)c([N+](=O)[O-])c1. The highest BCUT2D eigenvalue weighted by atomic mass is 79.9. The normalized spacial score (nSPS) is 10.1. The van der Waals surface area contributed by atoms with Crippen LogP contribution >= 0.6 is 15.9 Å². The summed E-state index contributed by atoms with van der Waals surface area (Å²) < 4.78 is 6.09. The first-order valence-corrected chi connectivity index (χ1v) is 5.85. The molecule has 0 bridgehead atoms. The van der Waals surface area contributed by atoms with Gasteiger partial charge in [-0.05, 0) is 22.4 Å². The number of nitrogens with zero attached hydrogens (tertiary/aromatic N) is 2. The van der Waals surface area contributed by atoms with Crippen LogP contribution in [-0.2, 0) is 16.1 Å². The summed E-state index contributed by atoms with van der Waals surface area (Å²) in [4.78, 5) is 32.2. The summed E-state index contributed by atoms with van der Waals surface area (Å²) in [5, 5.41) is 10.7. The maximum absolute atomic E-state index is 11.4. The molecule has 0 spiro atoms. The van der Waals surface area contributed by atoms with Crippen LogP contribution in [0.1, 0.15) is 12.8 Å². The summed E-state index contributed by atoms with van der Waals surface area (Å²) >= 11 is 2.97. The number of hydrogen-bond acceptors (Lipinski definition) is 5. The predicted octanol–water partition coefficient (Wildman–Crippen LogP) is 1.47. The summed E-state index contributed by atoms with van der Waals surface area (Å²) in [6.07, 6.45) is 3.30. The van der Waals surface area contributed by atoms with Gasteiger partial charge in [-0.25, -0.2) is 0 Å². The summed E-state index contributed by atoms with van der Waals surface area (Å²) in [6.45, 7) is 0.384. The number of rotatable bonds is 5. The molecule has 0 aromatic carbocycles. The van der Waals surface area contributed by atoms with Crippen molar-refractivity contribution in [1.29, 1.82) is 0 Å². The highest BCUT2D eigenvalue weighted by molar-refractivity contribution is 9.10. The van der Waals surface area contributed by atoms with Crippen LogP contribution in [0.4, 0.5) is 5.69 Å². The number of esters is 1. The van der Waals surface area contributed by atoms with Crippen molar-refractivity contribution in [1.82, 2.24) is 4.57 Å². The highest BCUT2D eigenvalue weighted by Gasteiger charge is 2.15. The molecule has 1 aromatic heterocycles. The molecule has 0 unspecified atom stereocenters. The van der Waals surface area contributed by atoms with Gasteiger partial charge in [-0.2, -0.15) is 0 Å². The van der Waals surface area contributed by atoms with Crippen LogP contribution in [0.3, 0.4) is 0 Å². The van der Waals surface area contributed by atoms with E-state index in [1.165, 1.54) is 17.9 Å². The smallest absolute Gasteiger partial charge is 0.333 e. The predicted molar refractivity (Wildman–Crippen MR) is 66.3 cm³/mol. The summed E-state index contributed by atoms with van der Waals surface area (Å²) in [7, 11) is 1.29. The third-order valence-corrected chi connectivity index (χ3v) is 2.80. The van der Waals surface area contributed by atoms with Crippen molar-refractivity contribution in [2.75, 3.05) is 7.11 Å².